The Morgan fingerprint density at radius 2 is 1.52 bits per heavy atom. The highest BCUT2D eigenvalue weighted by Gasteiger charge is 2.36. The fraction of sp³-hybridized carbons (Fsp3) is 0.278. The number of carbonyl (C=O) groups excluding carboxylic acids is 1. The summed E-state index contributed by atoms with van der Waals surface area (Å²) in [6, 6.07) is 14.4. The molecule has 0 aromatic heterocycles. The molecule has 2 rings (SSSR count). The molecular weight excluding hydrogens is 361 g/mol. The van der Waals surface area contributed by atoms with Gasteiger partial charge in [0.2, 0.25) is 5.91 Å². The van der Waals surface area contributed by atoms with Crippen molar-refractivity contribution in [1.82, 2.24) is 0 Å². The summed E-state index contributed by atoms with van der Waals surface area (Å²) in [7, 11) is -4.51. The van der Waals surface area contributed by atoms with E-state index in [2.05, 4.69) is 5.32 Å². The van der Waals surface area contributed by atoms with Crippen LogP contribution in [0.1, 0.15) is 20.3 Å². The zero-order valence-electron chi connectivity index (χ0n) is 14.0. The Kier molecular flexibility index (Phi) is 6.42. The molecule has 5 nitrogen and oxygen atoms in total. The molecule has 0 aliphatic carbocycles. The number of hydrogen-bond acceptors (Lipinski definition) is 2. The largest absolute Gasteiger partial charge is 0.337 e. The lowest BCUT2D eigenvalue weighted by atomic mass is 10.1. The molecule has 7 heteroatoms. The highest BCUT2D eigenvalue weighted by atomic mass is 35.5. The summed E-state index contributed by atoms with van der Waals surface area (Å²) in [4.78, 5) is 31.1. The van der Waals surface area contributed by atoms with Gasteiger partial charge in [-0.15, -0.1) is 0 Å². The molecule has 0 aliphatic heterocycles. The van der Waals surface area contributed by atoms with Crippen molar-refractivity contribution in [2.75, 3.05) is 5.32 Å². The van der Waals surface area contributed by atoms with Crippen molar-refractivity contribution in [3.8, 4) is 11.1 Å². The summed E-state index contributed by atoms with van der Waals surface area (Å²) in [5.74, 6) is -0.670. The standard InChI is InChI=1S/C18H21ClNO4P/c1-12(2)11-17(25(22,23)24)18(21)20-16-9-5-14(6-10-16)13-3-7-15(19)8-4-13/h3-10,12,17H,11H2,1-2H3,(H,20,21)(H2,22,23,24). The fourth-order valence-electron chi connectivity index (χ4n) is 2.46. The monoisotopic (exact) mass is 381 g/mol. The molecule has 0 saturated heterocycles. The number of amides is 1. The molecule has 0 spiro atoms. The second kappa shape index (κ2) is 8.15. The number of rotatable bonds is 6. The molecule has 0 aliphatic rings. The Bertz CT molecular complexity index is 769. The summed E-state index contributed by atoms with van der Waals surface area (Å²) >= 11 is 5.87. The quantitative estimate of drug-likeness (QED) is 0.641. The molecule has 0 bridgehead atoms. The lowest BCUT2D eigenvalue weighted by molar-refractivity contribution is -0.116. The Morgan fingerprint density at radius 1 is 1.04 bits per heavy atom. The summed E-state index contributed by atoms with van der Waals surface area (Å²) in [5, 5.41) is 3.24. The van der Waals surface area contributed by atoms with Crippen molar-refractivity contribution >= 4 is 30.8 Å². The van der Waals surface area contributed by atoms with Gasteiger partial charge in [0.25, 0.3) is 0 Å². The first-order chi connectivity index (χ1) is 11.7. The second-order valence-electron chi connectivity index (χ2n) is 6.31. The molecule has 0 radical (unpaired) electrons. The first-order valence-corrected chi connectivity index (χ1v) is 9.95. The third-order valence-electron chi connectivity index (χ3n) is 3.73. The Balaban J connectivity index is 2.13. The summed E-state index contributed by atoms with van der Waals surface area (Å²) in [5.41, 5.74) is 1.08. The predicted octanol–water partition coefficient (Wildman–Crippen LogP) is 4.54. The van der Waals surface area contributed by atoms with Gasteiger partial charge in [-0.05, 0) is 47.7 Å². The van der Waals surface area contributed by atoms with Crippen molar-refractivity contribution < 1.29 is 19.1 Å². The third-order valence-corrected chi connectivity index (χ3v) is 5.24. The maximum atomic E-state index is 12.3. The van der Waals surface area contributed by atoms with Crippen molar-refractivity contribution in [2.24, 2.45) is 5.92 Å². The molecule has 0 fully saturated rings. The molecule has 25 heavy (non-hydrogen) atoms. The predicted molar refractivity (Wildman–Crippen MR) is 101 cm³/mol. The Hall–Kier alpha value is -1.65. The van der Waals surface area contributed by atoms with Crippen molar-refractivity contribution in [3.63, 3.8) is 0 Å². The molecular formula is C18H21ClNO4P. The van der Waals surface area contributed by atoms with E-state index >= 15 is 0 Å². The zero-order valence-corrected chi connectivity index (χ0v) is 15.7. The fourth-order valence-corrected chi connectivity index (χ4v) is 3.65. The van der Waals surface area contributed by atoms with Gasteiger partial charge in [-0.25, -0.2) is 0 Å². The normalized spacial score (nSPS) is 12.9. The molecule has 1 atom stereocenters. The molecule has 134 valence electrons. The van der Waals surface area contributed by atoms with Crippen molar-refractivity contribution in [3.05, 3.63) is 53.6 Å². The number of hydrogen-bond donors (Lipinski definition) is 3. The minimum atomic E-state index is -4.51. The average Bonchev–Trinajstić information content (AvgIpc) is 2.53. The minimum absolute atomic E-state index is 0.00402. The summed E-state index contributed by atoms with van der Waals surface area (Å²) in [6.45, 7) is 3.63. The van der Waals surface area contributed by atoms with E-state index in [1.807, 2.05) is 38.1 Å². The van der Waals surface area contributed by atoms with E-state index in [0.717, 1.165) is 11.1 Å². The van der Waals surface area contributed by atoms with Crippen LogP contribution in [0.15, 0.2) is 48.5 Å². The molecule has 0 heterocycles. The van der Waals surface area contributed by atoms with Crippen molar-refractivity contribution in [2.45, 2.75) is 25.9 Å². The smallest absolute Gasteiger partial charge is 0.325 e. The van der Waals surface area contributed by atoms with Crippen molar-refractivity contribution in [1.29, 1.82) is 0 Å². The molecule has 2 aromatic rings. The van der Waals surface area contributed by atoms with E-state index in [4.69, 9.17) is 11.6 Å². The molecule has 1 amide bonds. The van der Waals surface area contributed by atoms with Crippen LogP contribution in [0.4, 0.5) is 5.69 Å². The van der Waals surface area contributed by atoms with Crippen LogP contribution >= 0.6 is 19.2 Å². The maximum Gasteiger partial charge on any atom is 0.337 e. The van der Waals surface area contributed by atoms with Gasteiger partial charge in [0.1, 0.15) is 5.66 Å². The van der Waals surface area contributed by atoms with Gasteiger partial charge in [-0.3, -0.25) is 9.36 Å². The van der Waals surface area contributed by atoms with E-state index in [0.29, 0.717) is 10.7 Å². The SMILES string of the molecule is CC(C)CC(C(=O)Nc1ccc(-c2ccc(Cl)cc2)cc1)P(=O)(O)O. The van der Waals surface area contributed by atoms with Gasteiger partial charge < -0.3 is 15.1 Å². The average molecular weight is 382 g/mol. The number of anilines is 1. The van der Waals surface area contributed by atoms with E-state index in [1.54, 1.807) is 24.3 Å². The van der Waals surface area contributed by atoms with Crippen LogP contribution in [0, 0.1) is 5.92 Å². The Labute approximate surface area is 152 Å². The zero-order chi connectivity index (χ0) is 18.6. The molecule has 1 unspecified atom stereocenters. The summed E-state index contributed by atoms with van der Waals surface area (Å²) in [6.07, 6.45) is 0.124. The van der Waals surface area contributed by atoms with Crippen LogP contribution in [0.5, 0.6) is 0 Å². The number of halogens is 1. The topological polar surface area (TPSA) is 86.6 Å². The van der Waals surface area contributed by atoms with E-state index in [1.165, 1.54) is 0 Å². The van der Waals surface area contributed by atoms with Gasteiger partial charge >= 0.3 is 7.60 Å². The highest BCUT2D eigenvalue weighted by Crippen LogP contribution is 2.44. The van der Waals surface area contributed by atoms with E-state index in [9.17, 15) is 19.1 Å². The molecule has 2 aromatic carbocycles. The van der Waals surface area contributed by atoms with Crippen LogP contribution in [-0.4, -0.2) is 21.4 Å². The number of benzene rings is 2. The van der Waals surface area contributed by atoms with Gasteiger partial charge in [0.05, 0.1) is 0 Å². The third kappa shape index (κ3) is 5.68. The number of carbonyl (C=O) groups is 1. The van der Waals surface area contributed by atoms with Gasteiger partial charge in [-0.2, -0.15) is 0 Å². The second-order valence-corrected chi connectivity index (χ2v) is 8.55. The molecule has 0 saturated carbocycles. The van der Waals surface area contributed by atoms with Crippen LogP contribution in [0.2, 0.25) is 5.02 Å². The van der Waals surface area contributed by atoms with Gasteiger partial charge in [0, 0.05) is 10.7 Å². The number of nitrogens with one attached hydrogen (secondary N) is 1. The van der Waals surface area contributed by atoms with E-state index < -0.39 is 19.2 Å². The van der Waals surface area contributed by atoms with Crippen LogP contribution in [0.25, 0.3) is 11.1 Å². The van der Waals surface area contributed by atoms with Crippen LogP contribution < -0.4 is 5.32 Å². The highest BCUT2D eigenvalue weighted by molar-refractivity contribution is 7.53. The maximum absolute atomic E-state index is 12.3. The summed E-state index contributed by atoms with van der Waals surface area (Å²) < 4.78 is 11.6. The van der Waals surface area contributed by atoms with Crippen LogP contribution in [-0.2, 0) is 9.36 Å². The Morgan fingerprint density at radius 3 is 1.96 bits per heavy atom. The van der Waals surface area contributed by atoms with Gasteiger partial charge in [-0.1, -0.05) is 49.7 Å². The molecule has 3 N–H and O–H groups in total. The lowest BCUT2D eigenvalue weighted by Crippen LogP contribution is -2.29. The lowest BCUT2D eigenvalue weighted by Gasteiger charge is -2.19. The minimum Gasteiger partial charge on any atom is -0.325 e. The van der Waals surface area contributed by atoms with E-state index in [-0.39, 0.29) is 12.3 Å². The van der Waals surface area contributed by atoms with Gasteiger partial charge in [0.15, 0.2) is 0 Å². The van der Waals surface area contributed by atoms with Crippen LogP contribution in [0.3, 0.4) is 0 Å². The first kappa shape index (κ1) is 19.7. The first-order valence-electron chi connectivity index (χ1n) is 7.89.